The molecule has 3 aliphatic rings. The molecule has 7 heteroatoms. The summed E-state index contributed by atoms with van der Waals surface area (Å²) in [6.07, 6.45) is 4.67. The maximum Gasteiger partial charge on any atom is 0.315 e. The zero-order valence-corrected chi connectivity index (χ0v) is 14.0. The van der Waals surface area contributed by atoms with E-state index in [9.17, 15) is 13.2 Å². The minimum atomic E-state index is -2.84. The number of urea groups is 1. The van der Waals surface area contributed by atoms with Crippen LogP contribution in [0.5, 0.6) is 0 Å². The normalized spacial score (nSPS) is 35.2. The van der Waals surface area contributed by atoms with Crippen LogP contribution in [0, 0.1) is 11.8 Å². The van der Waals surface area contributed by atoms with Gasteiger partial charge >= 0.3 is 6.03 Å². The predicted molar refractivity (Wildman–Crippen MR) is 83.4 cm³/mol. The molecule has 2 atom stereocenters. The number of amides is 2. The molecule has 3 rings (SSSR count). The van der Waals surface area contributed by atoms with Crippen molar-refractivity contribution in [2.45, 2.75) is 50.7 Å². The van der Waals surface area contributed by atoms with Gasteiger partial charge in [0.05, 0.1) is 23.1 Å². The summed E-state index contributed by atoms with van der Waals surface area (Å²) in [6, 6.07) is -0.160. The van der Waals surface area contributed by atoms with Crippen LogP contribution in [0.15, 0.2) is 0 Å². The second-order valence-corrected chi connectivity index (χ2v) is 9.53. The van der Waals surface area contributed by atoms with Gasteiger partial charge in [-0.2, -0.15) is 0 Å². The average molecular weight is 330 g/mol. The number of carbonyl (C=O) groups is 1. The summed E-state index contributed by atoms with van der Waals surface area (Å²) in [6.45, 7) is 3.32. The van der Waals surface area contributed by atoms with Crippen LogP contribution in [0.4, 0.5) is 4.79 Å². The second kappa shape index (κ2) is 6.00. The third-order valence-corrected chi connectivity index (χ3v) is 6.94. The van der Waals surface area contributed by atoms with Crippen LogP contribution in [0.25, 0.3) is 0 Å². The molecule has 2 aliphatic heterocycles. The van der Waals surface area contributed by atoms with E-state index in [0.29, 0.717) is 31.9 Å². The maximum absolute atomic E-state index is 12.2. The Balaban J connectivity index is 1.44. The number of hydrogen-bond donors (Lipinski definition) is 2. The van der Waals surface area contributed by atoms with Crippen molar-refractivity contribution in [1.29, 1.82) is 0 Å². The van der Waals surface area contributed by atoms with Crippen LogP contribution in [0.3, 0.4) is 0 Å². The minimum Gasteiger partial charge on any atom is -0.375 e. The predicted octanol–water partition coefficient (Wildman–Crippen LogP) is 1.07. The standard InChI is InChI=1S/C15H26N2O4S/c1-15(6-7-21-13(15)12-2-3-12)17-14(18)16-10-11-4-8-22(19,20)9-5-11/h11-13H,2-10H2,1H3,(H2,16,17,18). The van der Waals surface area contributed by atoms with Gasteiger partial charge in [-0.15, -0.1) is 0 Å². The molecule has 0 bridgehead atoms. The van der Waals surface area contributed by atoms with E-state index in [1.807, 2.05) is 0 Å². The van der Waals surface area contributed by atoms with Gasteiger partial charge in [0.1, 0.15) is 9.84 Å². The molecule has 6 nitrogen and oxygen atoms in total. The van der Waals surface area contributed by atoms with Gasteiger partial charge in [-0.3, -0.25) is 0 Å². The van der Waals surface area contributed by atoms with Crippen molar-refractivity contribution >= 4 is 15.9 Å². The van der Waals surface area contributed by atoms with Crippen LogP contribution in [-0.4, -0.2) is 50.7 Å². The minimum absolute atomic E-state index is 0.137. The lowest BCUT2D eigenvalue weighted by molar-refractivity contribution is 0.0590. The van der Waals surface area contributed by atoms with Crippen molar-refractivity contribution in [2.24, 2.45) is 11.8 Å². The van der Waals surface area contributed by atoms with Crippen molar-refractivity contribution in [1.82, 2.24) is 10.6 Å². The first-order chi connectivity index (χ1) is 10.4. The summed E-state index contributed by atoms with van der Waals surface area (Å²) >= 11 is 0. The SMILES string of the molecule is CC1(NC(=O)NCC2CCS(=O)(=O)CC2)CCOC1C1CC1. The summed E-state index contributed by atoms with van der Waals surface area (Å²) in [5, 5.41) is 6.00. The molecule has 126 valence electrons. The average Bonchev–Trinajstić information content (AvgIpc) is 3.21. The summed E-state index contributed by atoms with van der Waals surface area (Å²) in [4.78, 5) is 12.2. The molecule has 0 aromatic rings. The molecular formula is C15H26N2O4S. The van der Waals surface area contributed by atoms with Gasteiger partial charge in [0.25, 0.3) is 0 Å². The highest BCUT2D eigenvalue weighted by Gasteiger charge is 2.49. The van der Waals surface area contributed by atoms with Gasteiger partial charge in [-0.25, -0.2) is 13.2 Å². The summed E-state index contributed by atoms with van der Waals surface area (Å²) in [7, 11) is -2.84. The third-order valence-electron chi connectivity index (χ3n) is 5.22. The monoisotopic (exact) mass is 330 g/mol. The van der Waals surface area contributed by atoms with Crippen LogP contribution in [-0.2, 0) is 14.6 Å². The van der Waals surface area contributed by atoms with Crippen molar-refractivity contribution in [2.75, 3.05) is 24.7 Å². The van der Waals surface area contributed by atoms with E-state index >= 15 is 0 Å². The number of hydrogen-bond acceptors (Lipinski definition) is 4. The lowest BCUT2D eigenvalue weighted by Gasteiger charge is -2.32. The molecule has 0 aromatic carbocycles. The molecule has 2 unspecified atom stereocenters. The Morgan fingerprint density at radius 3 is 2.55 bits per heavy atom. The largest absolute Gasteiger partial charge is 0.375 e. The van der Waals surface area contributed by atoms with Crippen LogP contribution in [0.1, 0.15) is 39.0 Å². The van der Waals surface area contributed by atoms with E-state index in [2.05, 4.69) is 17.6 Å². The van der Waals surface area contributed by atoms with E-state index in [4.69, 9.17) is 4.74 Å². The van der Waals surface area contributed by atoms with Crippen LogP contribution >= 0.6 is 0 Å². The highest BCUT2D eigenvalue weighted by Crippen LogP contribution is 2.43. The molecule has 22 heavy (non-hydrogen) atoms. The van der Waals surface area contributed by atoms with Gasteiger partial charge in [0.2, 0.25) is 0 Å². The number of carbonyl (C=O) groups excluding carboxylic acids is 1. The van der Waals surface area contributed by atoms with Gasteiger partial charge in [0, 0.05) is 13.2 Å². The zero-order chi connectivity index (χ0) is 15.8. The first-order valence-electron chi connectivity index (χ1n) is 8.26. The van der Waals surface area contributed by atoms with E-state index in [-0.39, 0.29) is 35.1 Å². The topological polar surface area (TPSA) is 84.5 Å². The van der Waals surface area contributed by atoms with E-state index < -0.39 is 9.84 Å². The van der Waals surface area contributed by atoms with E-state index in [1.54, 1.807) is 0 Å². The van der Waals surface area contributed by atoms with E-state index in [0.717, 1.165) is 6.42 Å². The molecule has 2 heterocycles. The van der Waals surface area contributed by atoms with Crippen molar-refractivity contribution in [3.63, 3.8) is 0 Å². The fourth-order valence-electron chi connectivity index (χ4n) is 3.60. The molecule has 3 fully saturated rings. The number of ether oxygens (including phenoxy) is 1. The molecule has 2 N–H and O–H groups in total. The van der Waals surface area contributed by atoms with Crippen molar-refractivity contribution in [3.8, 4) is 0 Å². The van der Waals surface area contributed by atoms with E-state index in [1.165, 1.54) is 12.8 Å². The Morgan fingerprint density at radius 1 is 1.23 bits per heavy atom. The highest BCUT2D eigenvalue weighted by molar-refractivity contribution is 7.91. The van der Waals surface area contributed by atoms with Gasteiger partial charge in [-0.1, -0.05) is 0 Å². The molecular weight excluding hydrogens is 304 g/mol. The molecule has 1 aliphatic carbocycles. The lowest BCUT2D eigenvalue weighted by atomic mass is 9.90. The zero-order valence-electron chi connectivity index (χ0n) is 13.1. The van der Waals surface area contributed by atoms with Gasteiger partial charge in [0.15, 0.2) is 0 Å². The Morgan fingerprint density at radius 2 is 1.91 bits per heavy atom. The smallest absolute Gasteiger partial charge is 0.315 e. The molecule has 2 saturated heterocycles. The summed E-state index contributed by atoms with van der Waals surface area (Å²) < 4.78 is 28.6. The molecule has 2 amide bonds. The first kappa shape index (κ1) is 16.1. The Kier molecular flexibility index (Phi) is 4.38. The molecule has 0 aromatic heterocycles. The van der Waals surface area contributed by atoms with Crippen molar-refractivity contribution < 1.29 is 17.9 Å². The number of nitrogens with one attached hydrogen (secondary N) is 2. The lowest BCUT2D eigenvalue weighted by Crippen LogP contribution is -2.56. The maximum atomic E-state index is 12.2. The Bertz CT molecular complexity index is 518. The fraction of sp³-hybridized carbons (Fsp3) is 0.933. The number of rotatable bonds is 4. The second-order valence-electron chi connectivity index (χ2n) is 7.23. The third kappa shape index (κ3) is 3.74. The Hall–Kier alpha value is -0.820. The van der Waals surface area contributed by atoms with Gasteiger partial charge in [-0.05, 0) is 50.9 Å². The molecule has 0 spiro atoms. The van der Waals surface area contributed by atoms with Gasteiger partial charge < -0.3 is 15.4 Å². The summed E-state index contributed by atoms with van der Waals surface area (Å²) in [5.41, 5.74) is -0.277. The fourth-order valence-corrected chi connectivity index (χ4v) is 5.19. The Labute approximate surface area is 132 Å². The first-order valence-corrected chi connectivity index (χ1v) is 10.1. The molecule has 0 radical (unpaired) electrons. The molecule has 1 saturated carbocycles. The number of sulfone groups is 1. The summed E-state index contributed by atoms with van der Waals surface area (Å²) in [5.74, 6) is 1.35. The highest BCUT2D eigenvalue weighted by atomic mass is 32.2. The van der Waals surface area contributed by atoms with Crippen molar-refractivity contribution in [3.05, 3.63) is 0 Å². The van der Waals surface area contributed by atoms with Crippen LogP contribution < -0.4 is 10.6 Å². The van der Waals surface area contributed by atoms with Crippen LogP contribution in [0.2, 0.25) is 0 Å². The quantitative estimate of drug-likeness (QED) is 0.807.